The van der Waals surface area contributed by atoms with E-state index in [4.69, 9.17) is 4.74 Å². The molecule has 2 fully saturated rings. The fraction of sp³-hybridized carbons (Fsp3) is 0.750. The maximum absolute atomic E-state index is 10.5. The first-order chi connectivity index (χ1) is 6.78. The summed E-state index contributed by atoms with van der Waals surface area (Å²) in [5.74, 6) is 0.283. The van der Waals surface area contributed by atoms with Crippen LogP contribution in [0.5, 0.6) is 0 Å². The summed E-state index contributed by atoms with van der Waals surface area (Å²) in [6.07, 6.45) is 7.60. The van der Waals surface area contributed by atoms with Crippen LogP contribution in [0.3, 0.4) is 0 Å². The molecular weight excluding hydrogens is 176 g/mol. The van der Waals surface area contributed by atoms with Crippen LogP contribution in [0.2, 0.25) is 0 Å². The molecule has 2 rings (SSSR count). The molecule has 1 atom stereocenters. The molecule has 0 aromatic heterocycles. The highest BCUT2D eigenvalue weighted by molar-refractivity contribution is 5.51. The average Bonchev–Trinajstić information content (AvgIpc) is 2.50. The van der Waals surface area contributed by atoms with Gasteiger partial charge in [0.1, 0.15) is 6.29 Å². The van der Waals surface area contributed by atoms with Crippen molar-refractivity contribution < 1.29 is 9.53 Å². The Balaban J connectivity index is 2.07. The van der Waals surface area contributed by atoms with Gasteiger partial charge in [-0.3, -0.25) is 0 Å². The van der Waals surface area contributed by atoms with Crippen LogP contribution in [-0.4, -0.2) is 18.5 Å². The van der Waals surface area contributed by atoms with E-state index in [0.29, 0.717) is 13.0 Å². The Morgan fingerprint density at radius 1 is 1.43 bits per heavy atom. The van der Waals surface area contributed by atoms with Crippen molar-refractivity contribution in [3.05, 3.63) is 12.2 Å². The molecule has 78 valence electrons. The van der Waals surface area contributed by atoms with Crippen LogP contribution >= 0.6 is 0 Å². The van der Waals surface area contributed by atoms with Crippen molar-refractivity contribution in [3.63, 3.8) is 0 Å². The lowest BCUT2D eigenvalue weighted by Crippen LogP contribution is -2.32. The summed E-state index contributed by atoms with van der Waals surface area (Å²) >= 11 is 0. The zero-order chi connectivity index (χ0) is 10.0. The van der Waals surface area contributed by atoms with Crippen LogP contribution in [0.1, 0.15) is 38.5 Å². The zero-order valence-electron chi connectivity index (χ0n) is 8.63. The van der Waals surface area contributed by atoms with Crippen LogP contribution in [0.15, 0.2) is 12.2 Å². The van der Waals surface area contributed by atoms with E-state index < -0.39 is 0 Å². The second-order valence-corrected chi connectivity index (χ2v) is 4.49. The Morgan fingerprint density at radius 3 is 2.79 bits per heavy atom. The number of carbonyl (C=O) groups is 1. The Kier molecular flexibility index (Phi) is 2.73. The van der Waals surface area contributed by atoms with Crippen molar-refractivity contribution in [2.24, 2.45) is 5.92 Å². The molecule has 14 heavy (non-hydrogen) atoms. The van der Waals surface area contributed by atoms with Crippen LogP contribution in [-0.2, 0) is 9.53 Å². The third kappa shape index (κ3) is 1.52. The summed E-state index contributed by atoms with van der Waals surface area (Å²) in [6, 6.07) is 0. The first-order valence-corrected chi connectivity index (χ1v) is 5.55. The van der Waals surface area contributed by atoms with Gasteiger partial charge in [-0.15, -0.1) is 0 Å². The highest BCUT2D eigenvalue weighted by Crippen LogP contribution is 2.45. The summed E-state index contributed by atoms with van der Waals surface area (Å²) in [7, 11) is 0. The number of hydrogen-bond acceptors (Lipinski definition) is 2. The molecule has 1 saturated carbocycles. The molecule has 0 N–H and O–H groups in total. The van der Waals surface area contributed by atoms with Gasteiger partial charge in [0, 0.05) is 12.3 Å². The van der Waals surface area contributed by atoms with Crippen LogP contribution in [0.25, 0.3) is 0 Å². The van der Waals surface area contributed by atoms with Gasteiger partial charge in [0.25, 0.3) is 0 Å². The molecule has 2 aliphatic rings. The summed E-state index contributed by atoms with van der Waals surface area (Å²) in [5.41, 5.74) is 1.13. The van der Waals surface area contributed by atoms with Gasteiger partial charge in [0.05, 0.1) is 12.2 Å². The summed E-state index contributed by atoms with van der Waals surface area (Å²) < 4.78 is 5.90. The minimum atomic E-state index is -0.0497. The molecule has 0 unspecified atom stereocenters. The highest BCUT2D eigenvalue weighted by Gasteiger charge is 2.44. The third-order valence-corrected chi connectivity index (χ3v) is 3.68. The van der Waals surface area contributed by atoms with Crippen molar-refractivity contribution in [3.8, 4) is 0 Å². The number of carbonyl (C=O) groups excluding carboxylic acids is 1. The molecule has 2 heteroatoms. The lowest BCUT2D eigenvalue weighted by Gasteiger charge is -2.34. The Hall–Kier alpha value is -0.630. The Labute approximate surface area is 85.3 Å². The van der Waals surface area contributed by atoms with Crippen LogP contribution in [0.4, 0.5) is 0 Å². The first kappa shape index (κ1) is 9.91. The average molecular weight is 194 g/mol. The number of hydrogen-bond donors (Lipinski definition) is 0. The first-order valence-electron chi connectivity index (χ1n) is 5.55. The van der Waals surface area contributed by atoms with Gasteiger partial charge in [-0.25, -0.2) is 0 Å². The fourth-order valence-electron chi connectivity index (χ4n) is 2.74. The maximum Gasteiger partial charge on any atom is 0.120 e. The minimum absolute atomic E-state index is 0.0497. The summed E-state index contributed by atoms with van der Waals surface area (Å²) in [4.78, 5) is 10.5. The molecule has 0 amide bonds. The van der Waals surface area contributed by atoms with Gasteiger partial charge in [-0.05, 0) is 18.4 Å². The molecule has 1 heterocycles. The predicted molar refractivity (Wildman–Crippen MR) is 55.1 cm³/mol. The van der Waals surface area contributed by atoms with Crippen LogP contribution in [0, 0.1) is 5.92 Å². The third-order valence-electron chi connectivity index (χ3n) is 3.68. The molecule has 2 nitrogen and oxygen atoms in total. The highest BCUT2D eigenvalue weighted by atomic mass is 16.5. The monoisotopic (exact) mass is 194 g/mol. The van der Waals surface area contributed by atoms with Crippen molar-refractivity contribution in [1.29, 1.82) is 0 Å². The van der Waals surface area contributed by atoms with E-state index in [9.17, 15) is 4.79 Å². The van der Waals surface area contributed by atoms with Gasteiger partial charge in [-0.1, -0.05) is 25.8 Å². The Bertz CT molecular complexity index is 239. The van der Waals surface area contributed by atoms with Crippen LogP contribution < -0.4 is 0 Å². The molecule has 1 aliphatic carbocycles. The second-order valence-electron chi connectivity index (χ2n) is 4.49. The number of rotatable bonds is 2. The van der Waals surface area contributed by atoms with E-state index in [2.05, 4.69) is 6.58 Å². The van der Waals surface area contributed by atoms with Crippen molar-refractivity contribution in [2.45, 2.75) is 44.1 Å². The summed E-state index contributed by atoms with van der Waals surface area (Å²) in [5, 5.41) is 0. The maximum atomic E-state index is 10.5. The van der Waals surface area contributed by atoms with E-state index in [1.54, 1.807) is 0 Å². The molecule has 0 aromatic rings. The predicted octanol–water partition coefficient (Wildman–Crippen LogP) is 2.48. The number of ether oxygens (including phenoxy) is 1. The largest absolute Gasteiger partial charge is 0.370 e. The summed E-state index contributed by atoms with van der Waals surface area (Å²) in [6.45, 7) is 4.85. The molecule has 0 radical (unpaired) electrons. The normalized spacial score (nSPS) is 30.9. The van der Waals surface area contributed by atoms with E-state index >= 15 is 0 Å². The molecule has 0 aromatic carbocycles. The molecule has 0 bridgehead atoms. The van der Waals surface area contributed by atoms with Gasteiger partial charge >= 0.3 is 0 Å². The van der Waals surface area contributed by atoms with E-state index in [0.717, 1.165) is 19.1 Å². The van der Waals surface area contributed by atoms with E-state index in [1.165, 1.54) is 24.8 Å². The minimum Gasteiger partial charge on any atom is -0.370 e. The van der Waals surface area contributed by atoms with Crippen molar-refractivity contribution >= 4 is 6.29 Å². The fourth-order valence-corrected chi connectivity index (χ4v) is 2.74. The van der Waals surface area contributed by atoms with Crippen molar-refractivity contribution in [1.82, 2.24) is 0 Å². The zero-order valence-corrected chi connectivity index (χ0v) is 8.63. The SMILES string of the molecule is C=C1[C@H](CC=O)COC12CCCCC2. The molecule has 1 aliphatic heterocycles. The van der Waals surface area contributed by atoms with E-state index in [-0.39, 0.29) is 11.5 Å². The molecule has 1 saturated heterocycles. The smallest absolute Gasteiger partial charge is 0.120 e. The van der Waals surface area contributed by atoms with Gasteiger partial charge < -0.3 is 9.53 Å². The molecular formula is C12H18O2. The lowest BCUT2D eigenvalue weighted by atomic mass is 9.77. The number of aldehydes is 1. The topological polar surface area (TPSA) is 26.3 Å². The standard InChI is InChI=1S/C12H18O2/c1-10-11(5-8-13)9-14-12(10)6-3-2-4-7-12/h8,11H,1-7,9H2/t11-/m1/s1. The van der Waals surface area contributed by atoms with Gasteiger partial charge in [0.15, 0.2) is 0 Å². The lowest BCUT2D eigenvalue weighted by molar-refractivity contribution is -0.108. The van der Waals surface area contributed by atoms with Gasteiger partial charge in [-0.2, -0.15) is 0 Å². The second kappa shape index (κ2) is 3.85. The van der Waals surface area contributed by atoms with Crippen molar-refractivity contribution in [2.75, 3.05) is 6.61 Å². The Morgan fingerprint density at radius 2 is 2.14 bits per heavy atom. The van der Waals surface area contributed by atoms with Gasteiger partial charge in [0.2, 0.25) is 0 Å². The van der Waals surface area contributed by atoms with E-state index in [1.807, 2.05) is 0 Å². The molecule has 1 spiro atoms. The quantitative estimate of drug-likeness (QED) is 0.498.